The van der Waals surface area contributed by atoms with Crippen molar-refractivity contribution in [1.29, 1.82) is 0 Å². The minimum Gasteiger partial charge on any atom is -0.340 e. The molecule has 3 atom stereocenters. The summed E-state index contributed by atoms with van der Waals surface area (Å²) in [5, 5.41) is 3.22. The van der Waals surface area contributed by atoms with Crippen molar-refractivity contribution in [3.8, 4) is 0 Å². The minimum absolute atomic E-state index is 0.0170. The molecule has 2 saturated heterocycles. The van der Waals surface area contributed by atoms with Crippen LogP contribution in [0.5, 0.6) is 0 Å². The molecule has 21 heavy (non-hydrogen) atoms. The standard InChI is InChI=1S/C17H33N3O/c1-4-19-10-7-5-6-8-15(19)13-20-11-9-14(2)12-16(18-3)17(20)21/h14-16,18H,4-13H2,1-3H3. The molecule has 3 unspecified atom stereocenters. The van der Waals surface area contributed by atoms with Crippen LogP contribution in [0.4, 0.5) is 0 Å². The van der Waals surface area contributed by atoms with Crippen molar-refractivity contribution in [3.05, 3.63) is 0 Å². The summed E-state index contributed by atoms with van der Waals surface area (Å²) in [5.74, 6) is 0.954. The van der Waals surface area contributed by atoms with Gasteiger partial charge in [0.2, 0.25) is 5.91 Å². The van der Waals surface area contributed by atoms with Crippen molar-refractivity contribution < 1.29 is 4.79 Å². The van der Waals surface area contributed by atoms with Gasteiger partial charge in [-0.1, -0.05) is 26.7 Å². The van der Waals surface area contributed by atoms with Crippen molar-refractivity contribution in [1.82, 2.24) is 15.1 Å². The molecule has 0 saturated carbocycles. The maximum absolute atomic E-state index is 12.7. The van der Waals surface area contributed by atoms with Crippen LogP contribution in [0.25, 0.3) is 0 Å². The average molecular weight is 295 g/mol. The van der Waals surface area contributed by atoms with Crippen LogP contribution in [0.3, 0.4) is 0 Å². The molecule has 0 aromatic heterocycles. The molecule has 0 spiro atoms. The smallest absolute Gasteiger partial charge is 0.239 e. The molecule has 4 heteroatoms. The summed E-state index contributed by atoms with van der Waals surface area (Å²) in [6.07, 6.45) is 7.34. The number of carbonyl (C=O) groups excluding carboxylic acids is 1. The summed E-state index contributed by atoms with van der Waals surface area (Å²) in [6, 6.07) is 0.579. The van der Waals surface area contributed by atoms with Crippen LogP contribution in [0.1, 0.15) is 52.4 Å². The SMILES string of the molecule is CCN1CCCCCC1CN1CCC(C)CC(NC)C1=O. The van der Waals surface area contributed by atoms with Crippen LogP contribution in [0.2, 0.25) is 0 Å². The lowest BCUT2D eigenvalue weighted by atomic mass is 10.0. The van der Waals surface area contributed by atoms with E-state index in [-0.39, 0.29) is 6.04 Å². The van der Waals surface area contributed by atoms with Crippen molar-refractivity contribution >= 4 is 5.91 Å². The van der Waals surface area contributed by atoms with Gasteiger partial charge in [-0.2, -0.15) is 0 Å². The first-order valence-corrected chi connectivity index (χ1v) is 8.85. The number of carbonyl (C=O) groups is 1. The number of hydrogen-bond donors (Lipinski definition) is 1. The van der Waals surface area contributed by atoms with E-state index in [0.717, 1.165) is 32.5 Å². The Balaban J connectivity index is 2.02. The summed E-state index contributed by atoms with van der Waals surface area (Å²) in [5.41, 5.74) is 0. The number of nitrogens with zero attached hydrogens (tertiary/aromatic N) is 2. The molecular formula is C17H33N3O. The molecule has 0 aliphatic carbocycles. The van der Waals surface area contributed by atoms with E-state index in [2.05, 4.69) is 29.0 Å². The molecule has 1 N–H and O–H groups in total. The van der Waals surface area contributed by atoms with Crippen LogP contribution in [-0.2, 0) is 4.79 Å². The topological polar surface area (TPSA) is 35.6 Å². The third kappa shape index (κ3) is 4.43. The van der Waals surface area contributed by atoms with Crippen LogP contribution in [0.15, 0.2) is 0 Å². The maximum Gasteiger partial charge on any atom is 0.239 e. The Morgan fingerprint density at radius 3 is 2.71 bits per heavy atom. The van der Waals surface area contributed by atoms with Crippen LogP contribution in [0, 0.1) is 5.92 Å². The third-order valence-corrected chi connectivity index (χ3v) is 5.32. The zero-order valence-corrected chi connectivity index (χ0v) is 14.1. The average Bonchev–Trinajstić information content (AvgIpc) is 2.79. The van der Waals surface area contributed by atoms with Crippen molar-refractivity contribution in [2.75, 3.05) is 33.2 Å². The Kier molecular flexibility index (Phi) is 6.49. The molecule has 0 radical (unpaired) electrons. The lowest BCUT2D eigenvalue weighted by molar-refractivity contribution is -0.133. The molecular weight excluding hydrogens is 262 g/mol. The molecule has 0 aromatic carbocycles. The fourth-order valence-corrected chi connectivity index (χ4v) is 3.86. The van der Waals surface area contributed by atoms with E-state index in [9.17, 15) is 4.79 Å². The largest absolute Gasteiger partial charge is 0.340 e. The van der Waals surface area contributed by atoms with E-state index in [1.807, 2.05) is 7.05 Å². The van der Waals surface area contributed by atoms with Gasteiger partial charge in [0.15, 0.2) is 0 Å². The first kappa shape index (κ1) is 16.8. The van der Waals surface area contributed by atoms with Gasteiger partial charge in [-0.15, -0.1) is 0 Å². The number of nitrogens with one attached hydrogen (secondary N) is 1. The summed E-state index contributed by atoms with van der Waals surface area (Å²) in [6.45, 7) is 8.70. The highest BCUT2D eigenvalue weighted by Gasteiger charge is 2.31. The van der Waals surface area contributed by atoms with E-state index in [4.69, 9.17) is 0 Å². The van der Waals surface area contributed by atoms with E-state index in [1.165, 1.54) is 32.2 Å². The minimum atomic E-state index is 0.0170. The molecule has 1 amide bonds. The van der Waals surface area contributed by atoms with Gasteiger partial charge in [-0.3, -0.25) is 9.69 Å². The number of rotatable bonds is 4. The summed E-state index contributed by atoms with van der Waals surface area (Å²) in [7, 11) is 1.92. The summed E-state index contributed by atoms with van der Waals surface area (Å²) in [4.78, 5) is 17.5. The Hall–Kier alpha value is -0.610. The maximum atomic E-state index is 12.7. The Labute approximate surface area is 130 Å². The number of amides is 1. The van der Waals surface area contributed by atoms with Crippen molar-refractivity contribution in [2.45, 2.75) is 64.5 Å². The highest BCUT2D eigenvalue weighted by molar-refractivity contribution is 5.82. The van der Waals surface area contributed by atoms with Gasteiger partial charge >= 0.3 is 0 Å². The van der Waals surface area contributed by atoms with Gasteiger partial charge in [-0.05, 0) is 51.7 Å². The Morgan fingerprint density at radius 1 is 1.19 bits per heavy atom. The van der Waals surface area contributed by atoms with E-state index in [1.54, 1.807) is 0 Å². The molecule has 4 nitrogen and oxygen atoms in total. The lowest BCUT2D eigenvalue weighted by Crippen LogP contribution is -2.50. The fourth-order valence-electron chi connectivity index (χ4n) is 3.86. The highest BCUT2D eigenvalue weighted by Crippen LogP contribution is 2.22. The van der Waals surface area contributed by atoms with Gasteiger partial charge in [0, 0.05) is 19.1 Å². The van der Waals surface area contributed by atoms with Crippen LogP contribution in [-0.4, -0.2) is 61.0 Å². The van der Waals surface area contributed by atoms with Gasteiger partial charge in [0.05, 0.1) is 6.04 Å². The first-order valence-electron chi connectivity index (χ1n) is 8.85. The Bertz CT molecular complexity index is 334. The van der Waals surface area contributed by atoms with Crippen molar-refractivity contribution in [2.24, 2.45) is 5.92 Å². The van der Waals surface area contributed by atoms with E-state index in [0.29, 0.717) is 17.9 Å². The number of likely N-dealkylation sites (N-methyl/N-ethyl adjacent to an activating group) is 2. The van der Waals surface area contributed by atoms with E-state index >= 15 is 0 Å². The van der Waals surface area contributed by atoms with Crippen molar-refractivity contribution in [3.63, 3.8) is 0 Å². The van der Waals surface area contributed by atoms with E-state index < -0.39 is 0 Å². The zero-order chi connectivity index (χ0) is 15.2. The van der Waals surface area contributed by atoms with Gasteiger partial charge in [0.1, 0.15) is 0 Å². The molecule has 2 fully saturated rings. The molecule has 2 aliphatic rings. The van der Waals surface area contributed by atoms with Crippen LogP contribution >= 0.6 is 0 Å². The molecule has 0 aromatic rings. The Morgan fingerprint density at radius 2 is 2.00 bits per heavy atom. The zero-order valence-electron chi connectivity index (χ0n) is 14.1. The summed E-state index contributed by atoms with van der Waals surface area (Å²) >= 11 is 0. The van der Waals surface area contributed by atoms with Gasteiger partial charge < -0.3 is 10.2 Å². The second kappa shape index (κ2) is 8.14. The second-order valence-electron chi connectivity index (χ2n) is 6.89. The number of likely N-dealkylation sites (tertiary alicyclic amines) is 2. The quantitative estimate of drug-likeness (QED) is 0.863. The summed E-state index contributed by atoms with van der Waals surface area (Å²) < 4.78 is 0. The van der Waals surface area contributed by atoms with Gasteiger partial charge in [-0.25, -0.2) is 0 Å². The first-order chi connectivity index (χ1) is 10.2. The molecule has 0 bridgehead atoms. The fraction of sp³-hybridized carbons (Fsp3) is 0.941. The number of hydrogen-bond acceptors (Lipinski definition) is 3. The molecule has 2 aliphatic heterocycles. The highest BCUT2D eigenvalue weighted by atomic mass is 16.2. The molecule has 122 valence electrons. The molecule has 2 rings (SSSR count). The second-order valence-corrected chi connectivity index (χ2v) is 6.89. The normalized spacial score (nSPS) is 32.8. The predicted octanol–water partition coefficient (Wildman–Crippen LogP) is 2.10. The molecule has 2 heterocycles. The van der Waals surface area contributed by atoms with Crippen LogP contribution < -0.4 is 5.32 Å². The van der Waals surface area contributed by atoms with Gasteiger partial charge in [0.25, 0.3) is 0 Å². The lowest BCUT2D eigenvalue weighted by Gasteiger charge is -2.34. The third-order valence-electron chi connectivity index (χ3n) is 5.32. The monoisotopic (exact) mass is 295 g/mol. The predicted molar refractivity (Wildman–Crippen MR) is 87.3 cm³/mol.